The van der Waals surface area contributed by atoms with E-state index in [1.54, 1.807) is 0 Å². The Labute approximate surface area is 62.3 Å². The second kappa shape index (κ2) is 4.37. The third kappa shape index (κ3) is 2.91. The predicted octanol–water partition coefficient (Wildman–Crippen LogP) is -3.42. The van der Waals surface area contributed by atoms with E-state index in [2.05, 4.69) is 0 Å². The van der Waals surface area contributed by atoms with E-state index in [1.807, 2.05) is 0 Å². The van der Waals surface area contributed by atoms with Gasteiger partial charge in [0.05, 0.1) is 0 Å². The number of aliphatic hydroxyl groups is 5. The molecule has 0 saturated heterocycles. The van der Waals surface area contributed by atoms with Gasteiger partial charge >= 0.3 is 0 Å². The fraction of sp³-hybridized carbons (Fsp3) is 0.800. The lowest BCUT2D eigenvalue weighted by atomic mass is 10.1. The molecule has 0 aliphatic carbocycles. The lowest BCUT2D eigenvalue weighted by molar-refractivity contribution is -0.176. The number of carbonyl (C=O) groups excluding carboxylic acids is 1. The fourth-order valence-corrected chi connectivity index (χ4v) is 0.459. The highest BCUT2D eigenvalue weighted by molar-refractivity contribution is 5.56. The first-order valence-electron chi connectivity index (χ1n) is 2.86. The normalized spacial score (nSPS) is 19.5. The Morgan fingerprint density at radius 1 is 0.909 bits per heavy atom. The lowest BCUT2D eigenvalue weighted by Gasteiger charge is -2.20. The third-order valence-electron chi connectivity index (χ3n) is 1.14. The van der Waals surface area contributed by atoms with Gasteiger partial charge in [-0.15, -0.1) is 0 Å². The van der Waals surface area contributed by atoms with Gasteiger partial charge in [0.15, 0.2) is 12.6 Å². The summed E-state index contributed by atoms with van der Waals surface area (Å²) in [6.45, 7) is 0. The zero-order valence-corrected chi connectivity index (χ0v) is 5.53. The zero-order valence-electron chi connectivity index (χ0n) is 5.53. The Bertz CT molecular complexity index is 124. The topological polar surface area (TPSA) is 118 Å². The molecule has 6 nitrogen and oxygen atoms in total. The molecule has 0 bridgehead atoms. The molecule has 0 aromatic heterocycles. The Morgan fingerprint density at radius 3 is 1.64 bits per heavy atom. The molecule has 66 valence electrons. The average Bonchev–Trinajstić information content (AvgIpc) is 2.00. The smallest absolute Gasteiger partial charge is 0.180 e. The summed E-state index contributed by atoms with van der Waals surface area (Å²) in [5.41, 5.74) is 0. The van der Waals surface area contributed by atoms with Crippen molar-refractivity contribution >= 4 is 6.29 Å². The molecule has 3 unspecified atom stereocenters. The van der Waals surface area contributed by atoms with Gasteiger partial charge in [-0.3, -0.25) is 0 Å². The first kappa shape index (κ1) is 10.5. The van der Waals surface area contributed by atoms with E-state index in [4.69, 9.17) is 25.5 Å². The van der Waals surface area contributed by atoms with E-state index in [0.29, 0.717) is 0 Å². The maximum atomic E-state index is 9.79. The van der Waals surface area contributed by atoms with Gasteiger partial charge in [-0.25, -0.2) is 0 Å². The molecule has 0 aliphatic heterocycles. The summed E-state index contributed by atoms with van der Waals surface area (Å²) in [6.07, 6.45) is -7.84. The zero-order chi connectivity index (χ0) is 9.02. The molecule has 0 aromatic carbocycles. The van der Waals surface area contributed by atoms with Crippen LogP contribution in [-0.2, 0) is 4.79 Å². The monoisotopic (exact) mass is 166 g/mol. The largest absolute Gasteiger partial charge is 0.387 e. The van der Waals surface area contributed by atoms with Crippen LogP contribution < -0.4 is 0 Å². The number of carbonyl (C=O) groups is 1. The Morgan fingerprint density at radius 2 is 1.36 bits per heavy atom. The molecule has 5 N–H and O–H groups in total. The Kier molecular flexibility index (Phi) is 4.16. The third-order valence-corrected chi connectivity index (χ3v) is 1.14. The highest BCUT2D eigenvalue weighted by atomic mass is 16.5. The van der Waals surface area contributed by atoms with Crippen molar-refractivity contribution in [1.82, 2.24) is 0 Å². The fourth-order valence-electron chi connectivity index (χ4n) is 0.459. The van der Waals surface area contributed by atoms with Crippen molar-refractivity contribution in [1.29, 1.82) is 0 Å². The summed E-state index contributed by atoms with van der Waals surface area (Å²) in [4.78, 5) is 9.79. The molecule has 11 heavy (non-hydrogen) atoms. The molecule has 0 aromatic rings. The van der Waals surface area contributed by atoms with Crippen LogP contribution in [0, 0.1) is 0 Å². The van der Waals surface area contributed by atoms with E-state index >= 15 is 0 Å². The molecule has 0 saturated carbocycles. The van der Waals surface area contributed by atoms with Gasteiger partial charge in [-0.05, 0) is 0 Å². The average molecular weight is 166 g/mol. The molecule has 0 aliphatic rings. The summed E-state index contributed by atoms with van der Waals surface area (Å²) < 4.78 is 0. The van der Waals surface area contributed by atoms with E-state index in [0.717, 1.165) is 0 Å². The van der Waals surface area contributed by atoms with E-state index in [-0.39, 0.29) is 6.29 Å². The summed E-state index contributed by atoms with van der Waals surface area (Å²) in [5.74, 6) is 0. The molecule has 0 spiro atoms. The highest BCUT2D eigenvalue weighted by Gasteiger charge is 2.28. The van der Waals surface area contributed by atoms with E-state index < -0.39 is 24.6 Å². The molecule has 0 fully saturated rings. The van der Waals surface area contributed by atoms with Crippen molar-refractivity contribution < 1.29 is 30.3 Å². The molecular formula is C5H10O6. The number of hydrogen-bond acceptors (Lipinski definition) is 6. The van der Waals surface area contributed by atoms with Crippen LogP contribution in [0.5, 0.6) is 0 Å². The second-order valence-corrected chi connectivity index (χ2v) is 2.02. The van der Waals surface area contributed by atoms with Crippen molar-refractivity contribution in [2.45, 2.75) is 24.6 Å². The maximum Gasteiger partial charge on any atom is 0.180 e. The first-order valence-corrected chi connectivity index (χ1v) is 2.86. The van der Waals surface area contributed by atoms with Crippen LogP contribution in [0.3, 0.4) is 0 Å². The van der Waals surface area contributed by atoms with Crippen LogP contribution in [0.2, 0.25) is 0 Å². The Hall–Kier alpha value is -0.530. The van der Waals surface area contributed by atoms with Crippen LogP contribution >= 0.6 is 0 Å². The molecular weight excluding hydrogens is 156 g/mol. The second-order valence-electron chi connectivity index (χ2n) is 2.02. The van der Waals surface area contributed by atoms with Crippen molar-refractivity contribution in [2.75, 3.05) is 0 Å². The highest BCUT2D eigenvalue weighted by Crippen LogP contribution is 2.00. The van der Waals surface area contributed by atoms with E-state index in [1.165, 1.54) is 0 Å². The minimum Gasteiger partial charge on any atom is -0.387 e. The van der Waals surface area contributed by atoms with E-state index in [9.17, 15) is 4.79 Å². The van der Waals surface area contributed by atoms with Gasteiger partial charge in [-0.1, -0.05) is 0 Å². The molecule has 0 amide bonds. The number of hydrogen-bond donors (Lipinski definition) is 5. The number of aliphatic hydroxyl groups excluding tert-OH is 4. The molecule has 6 heteroatoms. The van der Waals surface area contributed by atoms with Crippen molar-refractivity contribution in [2.24, 2.45) is 0 Å². The minimum absolute atomic E-state index is 0.0176. The van der Waals surface area contributed by atoms with Gasteiger partial charge in [-0.2, -0.15) is 0 Å². The van der Waals surface area contributed by atoms with Gasteiger partial charge in [0.25, 0.3) is 0 Å². The summed E-state index contributed by atoms with van der Waals surface area (Å²) in [6, 6.07) is 0. The maximum absolute atomic E-state index is 9.79. The van der Waals surface area contributed by atoms with Gasteiger partial charge in [0.2, 0.25) is 0 Å². The van der Waals surface area contributed by atoms with Crippen molar-refractivity contribution in [3.05, 3.63) is 0 Å². The Balaban J connectivity index is 4.00. The van der Waals surface area contributed by atoms with Gasteiger partial charge in [0, 0.05) is 0 Å². The molecule has 0 radical (unpaired) electrons. The van der Waals surface area contributed by atoms with Crippen LogP contribution in [0.4, 0.5) is 0 Å². The lowest BCUT2D eigenvalue weighted by Crippen LogP contribution is -2.44. The summed E-state index contributed by atoms with van der Waals surface area (Å²) >= 11 is 0. The minimum atomic E-state index is -2.18. The molecule has 3 atom stereocenters. The quantitative estimate of drug-likeness (QED) is 0.219. The van der Waals surface area contributed by atoms with Crippen molar-refractivity contribution in [3.63, 3.8) is 0 Å². The predicted molar refractivity (Wildman–Crippen MR) is 32.3 cm³/mol. The molecule has 0 heterocycles. The van der Waals surface area contributed by atoms with Crippen LogP contribution in [-0.4, -0.2) is 56.4 Å². The van der Waals surface area contributed by atoms with Gasteiger partial charge in [0.1, 0.15) is 18.3 Å². The van der Waals surface area contributed by atoms with Crippen LogP contribution in [0.1, 0.15) is 0 Å². The summed E-state index contributed by atoms with van der Waals surface area (Å²) in [5, 5.41) is 42.4. The first-order chi connectivity index (χ1) is 5.00. The van der Waals surface area contributed by atoms with Crippen molar-refractivity contribution in [3.8, 4) is 0 Å². The standard InChI is InChI=1S/C5H10O6/c6-1-2(7)3(8)4(9)5(10)11/h1-5,7-11H. The number of aldehydes is 1. The SMILES string of the molecule is O=CC(O)C(O)C(O)C(O)O. The van der Waals surface area contributed by atoms with Crippen LogP contribution in [0.25, 0.3) is 0 Å². The van der Waals surface area contributed by atoms with Gasteiger partial charge < -0.3 is 30.3 Å². The summed E-state index contributed by atoms with van der Waals surface area (Å²) in [7, 11) is 0. The molecule has 0 rings (SSSR count). The number of rotatable bonds is 4. The van der Waals surface area contributed by atoms with Crippen LogP contribution in [0.15, 0.2) is 0 Å².